The van der Waals surface area contributed by atoms with E-state index in [9.17, 15) is 14.4 Å². The van der Waals surface area contributed by atoms with E-state index in [0.717, 1.165) is 19.3 Å². The number of carboxylic acids is 3. The predicted octanol–water partition coefficient (Wildman–Crippen LogP) is 0.278. The molecule has 7 nitrogen and oxygen atoms in total. The molecule has 7 heteroatoms. The molecule has 0 atom stereocenters. The van der Waals surface area contributed by atoms with Crippen molar-refractivity contribution in [2.75, 3.05) is 0 Å². The molecule has 0 heterocycles. The van der Waals surface area contributed by atoms with E-state index in [1.54, 1.807) is 0 Å². The summed E-state index contributed by atoms with van der Waals surface area (Å²) in [6, 6.07) is 0. The Labute approximate surface area is 104 Å². The highest BCUT2D eigenvalue weighted by atomic mass is 16.4. The Hall–Kier alpha value is -1.63. The van der Waals surface area contributed by atoms with Crippen LogP contribution in [-0.4, -0.2) is 38.8 Å². The minimum absolute atomic E-state index is 0.447. The second kappa shape index (κ2) is 4.93. The SMILES string of the molecule is NC1(CC(C(=O)O)(C(=O)O)C(=O)O)CCCCC1. The van der Waals surface area contributed by atoms with E-state index in [0.29, 0.717) is 12.8 Å². The summed E-state index contributed by atoms with van der Waals surface area (Å²) in [6.07, 6.45) is 2.77. The van der Waals surface area contributed by atoms with Gasteiger partial charge in [0.2, 0.25) is 0 Å². The lowest BCUT2D eigenvalue weighted by molar-refractivity contribution is -0.177. The highest BCUT2D eigenvalue weighted by Gasteiger charge is 2.57. The fraction of sp³-hybridized carbons (Fsp3) is 0.727. The van der Waals surface area contributed by atoms with Gasteiger partial charge in [0.05, 0.1) is 0 Å². The van der Waals surface area contributed by atoms with Gasteiger partial charge in [0.25, 0.3) is 5.41 Å². The van der Waals surface area contributed by atoms with Gasteiger partial charge in [0.15, 0.2) is 0 Å². The molecule has 1 fully saturated rings. The smallest absolute Gasteiger partial charge is 0.332 e. The van der Waals surface area contributed by atoms with Crippen LogP contribution in [0.1, 0.15) is 38.5 Å². The number of hydrogen-bond acceptors (Lipinski definition) is 4. The third-order valence-electron chi connectivity index (χ3n) is 3.56. The first-order valence-corrected chi connectivity index (χ1v) is 5.74. The summed E-state index contributed by atoms with van der Waals surface area (Å²) in [6.45, 7) is 0. The molecule has 0 spiro atoms. The number of hydrogen-bond donors (Lipinski definition) is 4. The molecule has 102 valence electrons. The average Bonchev–Trinajstić information content (AvgIpc) is 2.25. The van der Waals surface area contributed by atoms with Crippen molar-refractivity contribution in [2.24, 2.45) is 11.1 Å². The molecule has 1 saturated carbocycles. The maximum atomic E-state index is 11.1. The molecule has 1 aliphatic carbocycles. The Morgan fingerprint density at radius 2 is 1.33 bits per heavy atom. The van der Waals surface area contributed by atoms with Gasteiger partial charge in [0, 0.05) is 12.0 Å². The molecule has 0 aromatic rings. The molecule has 0 aromatic heterocycles. The molecule has 0 bridgehead atoms. The van der Waals surface area contributed by atoms with Gasteiger partial charge in [-0.3, -0.25) is 14.4 Å². The summed E-state index contributed by atoms with van der Waals surface area (Å²) in [5.74, 6) is -5.63. The zero-order valence-corrected chi connectivity index (χ0v) is 9.89. The van der Waals surface area contributed by atoms with Gasteiger partial charge in [-0.05, 0) is 12.8 Å². The van der Waals surface area contributed by atoms with Crippen molar-refractivity contribution in [2.45, 2.75) is 44.1 Å². The van der Waals surface area contributed by atoms with E-state index in [4.69, 9.17) is 21.1 Å². The van der Waals surface area contributed by atoms with Crippen LogP contribution in [0.4, 0.5) is 0 Å². The molecular weight excluding hydrogens is 242 g/mol. The van der Waals surface area contributed by atoms with Gasteiger partial charge in [-0.2, -0.15) is 0 Å². The maximum Gasteiger partial charge on any atom is 0.332 e. The quantitative estimate of drug-likeness (QED) is 0.520. The highest BCUT2D eigenvalue weighted by molar-refractivity contribution is 6.16. The van der Waals surface area contributed by atoms with Crippen molar-refractivity contribution in [3.8, 4) is 0 Å². The van der Waals surface area contributed by atoms with Crippen LogP contribution in [0.25, 0.3) is 0 Å². The third kappa shape index (κ3) is 2.45. The first kappa shape index (κ1) is 14.4. The second-order valence-corrected chi connectivity index (χ2v) is 4.92. The number of carbonyl (C=O) groups is 3. The minimum Gasteiger partial charge on any atom is -0.480 e. The number of aliphatic carboxylic acids is 3. The Morgan fingerprint density at radius 3 is 1.67 bits per heavy atom. The first-order valence-electron chi connectivity index (χ1n) is 5.74. The fourth-order valence-electron chi connectivity index (χ4n) is 2.46. The summed E-state index contributed by atoms with van der Waals surface area (Å²) in [5.41, 5.74) is 2.08. The summed E-state index contributed by atoms with van der Waals surface area (Å²) in [5, 5.41) is 27.0. The normalized spacial score (nSPS) is 19.2. The van der Waals surface area contributed by atoms with Crippen molar-refractivity contribution in [1.82, 2.24) is 0 Å². The molecule has 1 rings (SSSR count). The van der Waals surface area contributed by atoms with Crippen LogP contribution in [0.15, 0.2) is 0 Å². The molecule has 1 aliphatic rings. The predicted molar refractivity (Wildman–Crippen MR) is 60.0 cm³/mol. The van der Waals surface area contributed by atoms with Crippen molar-refractivity contribution in [3.63, 3.8) is 0 Å². The Balaban J connectivity index is 3.08. The van der Waals surface area contributed by atoms with E-state index < -0.39 is 35.3 Å². The lowest BCUT2D eigenvalue weighted by Gasteiger charge is -2.37. The van der Waals surface area contributed by atoms with Crippen LogP contribution in [0.5, 0.6) is 0 Å². The average molecular weight is 259 g/mol. The van der Waals surface area contributed by atoms with Crippen molar-refractivity contribution < 1.29 is 29.7 Å². The summed E-state index contributed by atoms with van der Waals surface area (Å²) >= 11 is 0. The molecular formula is C11H17NO6. The molecule has 0 radical (unpaired) electrons. The van der Waals surface area contributed by atoms with Crippen molar-refractivity contribution >= 4 is 17.9 Å². The number of nitrogens with two attached hydrogens (primary N) is 1. The second-order valence-electron chi connectivity index (χ2n) is 4.92. The van der Waals surface area contributed by atoms with E-state index in [2.05, 4.69) is 0 Å². The molecule has 5 N–H and O–H groups in total. The first-order chi connectivity index (χ1) is 8.24. The van der Waals surface area contributed by atoms with Crippen LogP contribution in [0.2, 0.25) is 0 Å². The molecule has 0 aliphatic heterocycles. The van der Waals surface area contributed by atoms with E-state index in [1.165, 1.54) is 0 Å². The van der Waals surface area contributed by atoms with Gasteiger partial charge in [0.1, 0.15) is 0 Å². The van der Waals surface area contributed by atoms with Gasteiger partial charge >= 0.3 is 17.9 Å². The van der Waals surface area contributed by atoms with Gasteiger partial charge < -0.3 is 21.1 Å². The van der Waals surface area contributed by atoms with Crippen molar-refractivity contribution in [3.05, 3.63) is 0 Å². The number of carboxylic acid groups (broad SMARTS) is 3. The van der Waals surface area contributed by atoms with Crippen LogP contribution in [0.3, 0.4) is 0 Å². The fourth-order valence-corrected chi connectivity index (χ4v) is 2.46. The van der Waals surface area contributed by atoms with Crippen molar-refractivity contribution in [1.29, 1.82) is 0 Å². The molecule has 0 saturated heterocycles. The minimum atomic E-state index is -2.86. The van der Waals surface area contributed by atoms with Crippen LogP contribution < -0.4 is 5.73 Å². The Morgan fingerprint density at radius 1 is 0.944 bits per heavy atom. The summed E-state index contributed by atoms with van der Waals surface area (Å²) in [7, 11) is 0. The molecule has 18 heavy (non-hydrogen) atoms. The Kier molecular flexibility index (Phi) is 3.95. The van der Waals surface area contributed by atoms with Crippen LogP contribution in [0, 0.1) is 5.41 Å². The highest BCUT2D eigenvalue weighted by Crippen LogP contribution is 2.37. The molecule has 0 amide bonds. The standard InChI is InChI=1S/C11H17NO6/c12-10(4-2-1-3-5-10)6-11(7(13)14,8(15)16)9(17)18/h1-6,12H2,(H,13,14)(H,15,16)(H,17,18). The van der Waals surface area contributed by atoms with Gasteiger partial charge in [-0.25, -0.2) is 0 Å². The van der Waals surface area contributed by atoms with Crippen LogP contribution >= 0.6 is 0 Å². The summed E-state index contributed by atoms with van der Waals surface area (Å²) < 4.78 is 0. The Bertz CT molecular complexity index is 336. The van der Waals surface area contributed by atoms with E-state index >= 15 is 0 Å². The lowest BCUT2D eigenvalue weighted by atomic mass is 9.70. The van der Waals surface area contributed by atoms with Gasteiger partial charge in [-0.1, -0.05) is 19.3 Å². The zero-order valence-electron chi connectivity index (χ0n) is 9.89. The third-order valence-corrected chi connectivity index (χ3v) is 3.56. The van der Waals surface area contributed by atoms with E-state index in [-0.39, 0.29) is 0 Å². The monoisotopic (exact) mass is 259 g/mol. The molecule has 0 unspecified atom stereocenters. The van der Waals surface area contributed by atoms with Crippen LogP contribution in [-0.2, 0) is 14.4 Å². The summed E-state index contributed by atoms with van der Waals surface area (Å²) in [4.78, 5) is 33.3. The van der Waals surface area contributed by atoms with E-state index in [1.807, 2.05) is 0 Å². The number of rotatable bonds is 5. The van der Waals surface area contributed by atoms with Gasteiger partial charge in [-0.15, -0.1) is 0 Å². The maximum absolute atomic E-state index is 11.1. The lowest BCUT2D eigenvalue weighted by Crippen LogP contribution is -2.55. The topological polar surface area (TPSA) is 138 Å². The largest absolute Gasteiger partial charge is 0.480 e. The zero-order chi connectivity index (χ0) is 14.0. The molecule has 0 aromatic carbocycles.